The predicted molar refractivity (Wildman–Crippen MR) is 105 cm³/mol. The van der Waals surface area contributed by atoms with E-state index >= 15 is 0 Å². The molecular weight excluding hydrogens is 321 g/mol. The lowest BCUT2D eigenvalue weighted by atomic mass is 9.78. The molecule has 26 heavy (non-hydrogen) atoms. The first-order chi connectivity index (χ1) is 12.7. The number of rotatable bonds is 3. The summed E-state index contributed by atoms with van der Waals surface area (Å²) in [5.41, 5.74) is 5.39. The number of hydrogen-bond donors (Lipinski definition) is 0. The van der Waals surface area contributed by atoms with E-state index in [0.29, 0.717) is 12.0 Å². The van der Waals surface area contributed by atoms with Crippen LogP contribution in [-0.4, -0.2) is 6.17 Å². The van der Waals surface area contributed by atoms with Crippen LogP contribution in [0.2, 0.25) is 0 Å². The van der Waals surface area contributed by atoms with Gasteiger partial charge in [0.15, 0.2) is 0 Å². The molecule has 0 aromatic heterocycles. The van der Waals surface area contributed by atoms with Gasteiger partial charge in [-0.05, 0) is 70.0 Å². The van der Waals surface area contributed by atoms with E-state index in [0.717, 1.165) is 35.8 Å². The Morgan fingerprint density at radius 3 is 2.50 bits per heavy atom. The maximum Gasteiger partial charge on any atom is 0.107 e. The summed E-state index contributed by atoms with van der Waals surface area (Å²) < 4.78 is 14.6. The largest absolute Gasteiger partial charge is 0.247 e. The molecule has 0 saturated heterocycles. The quantitative estimate of drug-likeness (QED) is 0.553. The number of alkyl halides is 1. The summed E-state index contributed by atoms with van der Waals surface area (Å²) in [4.78, 5) is 0. The third-order valence-corrected chi connectivity index (χ3v) is 5.63. The van der Waals surface area contributed by atoms with Crippen LogP contribution in [0.3, 0.4) is 0 Å². The van der Waals surface area contributed by atoms with Gasteiger partial charge >= 0.3 is 0 Å². The van der Waals surface area contributed by atoms with E-state index in [1.165, 1.54) is 16.5 Å². The lowest BCUT2D eigenvalue weighted by Gasteiger charge is -2.29. The van der Waals surface area contributed by atoms with Crippen molar-refractivity contribution in [1.82, 2.24) is 0 Å². The van der Waals surface area contributed by atoms with Crippen LogP contribution in [0.5, 0.6) is 0 Å². The van der Waals surface area contributed by atoms with Crippen LogP contribution in [0.15, 0.2) is 54.6 Å². The zero-order valence-electron chi connectivity index (χ0n) is 15.0. The topological polar surface area (TPSA) is 23.8 Å². The van der Waals surface area contributed by atoms with Gasteiger partial charge in [-0.2, -0.15) is 5.26 Å². The van der Waals surface area contributed by atoms with Gasteiger partial charge in [0, 0.05) is 6.42 Å². The normalized spacial score (nSPS) is 19.1. The van der Waals surface area contributed by atoms with E-state index in [2.05, 4.69) is 43.3 Å². The first-order valence-electron chi connectivity index (χ1n) is 9.38. The molecule has 4 rings (SSSR count). The first kappa shape index (κ1) is 16.8. The van der Waals surface area contributed by atoms with E-state index in [9.17, 15) is 4.39 Å². The molecule has 0 N–H and O–H groups in total. The summed E-state index contributed by atoms with van der Waals surface area (Å²) in [6.07, 6.45) is 2.68. The highest BCUT2D eigenvalue weighted by molar-refractivity contribution is 5.91. The van der Waals surface area contributed by atoms with Gasteiger partial charge in [0.25, 0.3) is 0 Å². The van der Waals surface area contributed by atoms with Crippen molar-refractivity contribution >= 4 is 10.8 Å². The van der Waals surface area contributed by atoms with Crippen LogP contribution in [-0.2, 0) is 12.8 Å². The molecule has 0 aliphatic heterocycles. The molecule has 0 saturated carbocycles. The molecule has 0 heterocycles. The minimum Gasteiger partial charge on any atom is -0.247 e. The molecule has 1 aliphatic rings. The number of benzene rings is 3. The Hall–Kier alpha value is -2.66. The van der Waals surface area contributed by atoms with E-state index in [-0.39, 0.29) is 5.92 Å². The zero-order chi connectivity index (χ0) is 18.1. The Bertz CT molecular complexity index is 982. The van der Waals surface area contributed by atoms with Crippen molar-refractivity contribution in [3.05, 3.63) is 71.3 Å². The lowest BCUT2D eigenvalue weighted by molar-refractivity contribution is 0.202. The molecule has 3 aromatic carbocycles. The van der Waals surface area contributed by atoms with Gasteiger partial charge in [0.1, 0.15) is 6.17 Å². The molecule has 0 unspecified atom stereocenters. The SMILES string of the molecule is CCC[C@@H]1Cc2ccc3cc(-c4ccc(C#N)cc4)ccc3c2C[C@H]1F. The second-order valence-corrected chi connectivity index (χ2v) is 7.30. The smallest absolute Gasteiger partial charge is 0.107 e. The Morgan fingerprint density at radius 2 is 1.77 bits per heavy atom. The standard InChI is InChI=1S/C24H22FN/c1-2-3-21-13-20-9-8-19-12-18(17-6-4-16(15-26)5-7-17)10-11-22(19)23(20)14-24(21)25/h4-12,21,24H,2-3,13-14H2,1H3/t21-,24-/m1/s1. The third kappa shape index (κ3) is 2.99. The second-order valence-electron chi connectivity index (χ2n) is 7.30. The van der Waals surface area contributed by atoms with Crippen molar-refractivity contribution in [1.29, 1.82) is 5.26 Å². The molecule has 0 radical (unpaired) electrons. The van der Waals surface area contributed by atoms with Gasteiger partial charge in [-0.25, -0.2) is 4.39 Å². The van der Waals surface area contributed by atoms with Gasteiger partial charge in [0.2, 0.25) is 0 Å². The Kier molecular flexibility index (Phi) is 4.47. The minimum atomic E-state index is -0.730. The summed E-state index contributed by atoms with van der Waals surface area (Å²) in [5, 5.41) is 11.3. The number of halogens is 1. The van der Waals surface area contributed by atoms with Crippen molar-refractivity contribution in [2.75, 3.05) is 0 Å². The predicted octanol–water partition coefficient (Wildman–Crippen LogP) is 6.23. The highest BCUT2D eigenvalue weighted by Gasteiger charge is 2.28. The zero-order valence-corrected chi connectivity index (χ0v) is 15.0. The number of nitrogens with zero attached hydrogens (tertiary/aromatic N) is 1. The average molecular weight is 343 g/mol. The third-order valence-electron chi connectivity index (χ3n) is 5.63. The van der Waals surface area contributed by atoms with Crippen molar-refractivity contribution in [2.24, 2.45) is 5.92 Å². The fraction of sp³-hybridized carbons (Fsp3) is 0.292. The molecule has 1 aliphatic carbocycles. The first-order valence-corrected chi connectivity index (χ1v) is 9.38. The van der Waals surface area contributed by atoms with Gasteiger partial charge in [-0.3, -0.25) is 0 Å². The fourth-order valence-electron chi connectivity index (χ4n) is 4.21. The molecule has 0 fully saturated rings. The molecule has 0 spiro atoms. The molecule has 130 valence electrons. The summed E-state index contributed by atoms with van der Waals surface area (Å²) >= 11 is 0. The molecule has 0 amide bonds. The molecule has 3 aromatic rings. The van der Waals surface area contributed by atoms with Crippen LogP contribution < -0.4 is 0 Å². The summed E-state index contributed by atoms with van der Waals surface area (Å²) in [6, 6.07) is 20.6. The molecule has 2 atom stereocenters. The van der Waals surface area contributed by atoms with E-state index in [1.807, 2.05) is 24.3 Å². The lowest BCUT2D eigenvalue weighted by Crippen LogP contribution is -2.26. The molecule has 1 nitrogen and oxygen atoms in total. The van der Waals surface area contributed by atoms with Crippen molar-refractivity contribution in [3.63, 3.8) is 0 Å². The van der Waals surface area contributed by atoms with Crippen LogP contribution in [0.4, 0.5) is 4.39 Å². The van der Waals surface area contributed by atoms with Crippen molar-refractivity contribution in [2.45, 2.75) is 38.8 Å². The van der Waals surface area contributed by atoms with E-state index in [1.54, 1.807) is 0 Å². The van der Waals surface area contributed by atoms with Crippen molar-refractivity contribution in [3.8, 4) is 17.2 Å². The van der Waals surface area contributed by atoms with Crippen LogP contribution in [0.25, 0.3) is 21.9 Å². The second kappa shape index (κ2) is 6.92. The highest BCUT2D eigenvalue weighted by atomic mass is 19.1. The molecular formula is C24H22FN. The minimum absolute atomic E-state index is 0.169. The maximum atomic E-state index is 14.6. The summed E-state index contributed by atoms with van der Waals surface area (Å²) in [5.74, 6) is 0.169. The number of fused-ring (bicyclic) bond motifs is 3. The van der Waals surface area contributed by atoms with Crippen LogP contribution in [0, 0.1) is 17.2 Å². The Labute approximate surface area is 154 Å². The van der Waals surface area contributed by atoms with E-state index in [4.69, 9.17) is 5.26 Å². The fourth-order valence-corrected chi connectivity index (χ4v) is 4.21. The molecule has 0 bridgehead atoms. The maximum absolute atomic E-state index is 14.6. The molecule has 2 heteroatoms. The monoisotopic (exact) mass is 343 g/mol. The number of hydrogen-bond acceptors (Lipinski definition) is 1. The highest BCUT2D eigenvalue weighted by Crippen LogP contribution is 2.36. The van der Waals surface area contributed by atoms with Gasteiger partial charge in [0.05, 0.1) is 11.6 Å². The van der Waals surface area contributed by atoms with Crippen LogP contribution in [0.1, 0.15) is 36.5 Å². The van der Waals surface area contributed by atoms with Crippen molar-refractivity contribution < 1.29 is 4.39 Å². The van der Waals surface area contributed by atoms with Gasteiger partial charge in [-0.15, -0.1) is 0 Å². The Morgan fingerprint density at radius 1 is 1.00 bits per heavy atom. The van der Waals surface area contributed by atoms with Gasteiger partial charge < -0.3 is 0 Å². The summed E-state index contributed by atoms with van der Waals surface area (Å²) in [6.45, 7) is 2.13. The number of nitriles is 1. The van der Waals surface area contributed by atoms with E-state index < -0.39 is 6.17 Å². The average Bonchev–Trinajstić information content (AvgIpc) is 2.68. The Balaban J connectivity index is 1.73. The summed E-state index contributed by atoms with van der Waals surface area (Å²) in [7, 11) is 0. The van der Waals surface area contributed by atoms with Gasteiger partial charge in [-0.1, -0.05) is 49.7 Å². The van der Waals surface area contributed by atoms with Crippen LogP contribution >= 0.6 is 0 Å².